The molecule has 2 fully saturated rings. The lowest BCUT2D eigenvalue weighted by molar-refractivity contribution is 0.0841. The first-order valence-electron chi connectivity index (χ1n) is 11.7. The summed E-state index contributed by atoms with van der Waals surface area (Å²) in [5, 5.41) is 2.61. The first-order valence-corrected chi connectivity index (χ1v) is 11.7. The quantitative estimate of drug-likeness (QED) is 0.558. The summed E-state index contributed by atoms with van der Waals surface area (Å²) < 4.78 is 11.6. The maximum atomic E-state index is 6.32. The Bertz CT molecular complexity index is 781. The molecule has 1 aliphatic carbocycles. The van der Waals surface area contributed by atoms with Gasteiger partial charge in [0.05, 0.1) is 6.10 Å². The minimum absolute atomic E-state index is 0.352. The minimum Gasteiger partial charge on any atom is -0.490 e. The molecular weight excluding hydrogens is 358 g/mol. The van der Waals surface area contributed by atoms with Crippen molar-refractivity contribution < 1.29 is 9.47 Å². The minimum atomic E-state index is 0.352. The molecule has 0 bridgehead atoms. The van der Waals surface area contributed by atoms with Crippen molar-refractivity contribution in [2.75, 3.05) is 20.3 Å². The third-order valence-electron chi connectivity index (χ3n) is 6.98. The maximum absolute atomic E-state index is 6.32. The van der Waals surface area contributed by atoms with Gasteiger partial charge in [0.25, 0.3) is 0 Å². The largest absolute Gasteiger partial charge is 0.490 e. The molecule has 0 spiro atoms. The zero-order valence-electron chi connectivity index (χ0n) is 18.2. The fourth-order valence-corrected chi connectivity index (χ4v) is 5.25. The van der Waals surface area contributed by atoms with E-state index in [4.69, 9.17) is 9.47 Å². The van der Waals surface area contributed by atoms with E-state index in [1.807, 2.05) is 0 Å². The number of ether oxygens (including phenoxy) is 2. The van der Waals surface area contributed by atoms with Crippen molar-refractivity contribution in [1.29, 1.82) is 0 Å². The summed E-state index contributed by atoms with van der Waals surface area (Å²) >= 11 is 0. The average molecular weight is 396 g/mol. The molecular formula is C26H37NO2. The molecule has 29 heavy (non-hydrogen) atoms. The van der Waals surface area contributed by atoms with Crippen molar-refractivity contribution in [3.05, 3.63) is 42.0 Å². The molecule has 2 aromatic rings. The van der Waals surface area contributed by atoms with Crippen LogP contribution in [0.4, 0.5) is 0 Å². The number of fused-ring (bicyclic) bond motifs is 1. The van der Waals surface area contributed by atoms with Crippen LogP contribution in [-0.2, 0) is 11.3 Å². The van der Waals surface area contributed by atoms with Gasteiger partial charge in [-0.3, -0.25) is 4.90 Å². The predicted molar refractivity (Wildman–Crippen MR) is 121 cm³/mol. The van der Waals surface area contributed by atoms with Crippen LogP contribution < -0.4 is 4.74 Å². The van der Waals surface area contributed by atoms with E-state index in [0.29, 0.717) is 12.0 Å². The van der Waals surface area contributed by atoms with Crippen LogP contribution in [-0.4, -0.2) is 37.3 Å². The highest BCUT2D eigenvalue weighted by Gasteiger charge is 2.23. The third-order valence-corrected chi connectivity index (χ3v) is 6.98. The highest BCUT2D eigenvalue weighted by Crippen LogP contribution is 2.30. The van der Waals surface area contributed by atoms with Gasteiger partial charge in [-0.05, 0) is 91.9 Å². The van der Waals surface area contributed by atoms with E-state index in [0.717, 1.165) is 37.8 Å². The van der Waals surface area contributed by atoms with Crippen molar-refractivity contribution in [3.63, 3.8) is 0 Å². The highest BCUT2D eigenvalue weighted by molar-refractivity contribution is 5.84. The summed E-state index contributed by atoms with van der Waals surface area (Å²) in [6.07, 6.45) is 10.4. The van der Waals surface area contributed by atoms with Gasteiger partial charge in [0, 0.05) is 26.3 Å². The number of hydrogen-bond acceptors (Lipinski definition) is 3. The van der Waals surface area contributed by atoms with Gasteiger partial charge < -0.3 is 9.47 Å². The zero-order valence-corrected chi connectivity index (χ0v) is 18.2. The van der Waals surface area contributed by atoms with Gasteiger partial charge in [0.2, 0.25) is 0 Å². The Morgan fingerprint density at radius 2 is 1.72 bits per heavy atom. The molecule has 1 heterocycles. The summed E-state index contributed by atoms with van der Waals surface area (Å²) in [6.45, 7) is 5.55. The summed E-state index contributed by atoms with van der Waals surface area (Å²) in [4.78, 5) is 2.68. The van der Waals surface area contributed by atoms with E-state index in [1.165, 1.54) is 61.4 Å². The molecule has 1 saturated heterocycles. The van der Waals surface area contributed by atoms with Crippen molar-refractivity contribution in [2.45, 2.75) is 77.0 Å². The molecule has 0 N–H and O–H groups in total. The molecule has 4 rings (SSSR count). The molecule has 1 atom stereocenters. The molecule has 0 radical (unpaired) electrons. The monoisotopic (exact) mass is 395 g/mol. The van der Waals surface area contributed by atoms with E-state index < -0.39 is 0 Å². The second-order valence-corrected chi connectivity index (χ2v) is 9.09. The number of nitrogens with zero attached hydrogens (tertiary/aromatic N) is 1. The Morgan fingerprint density at radius 1 is 0.931 bits per heavy atom. The average Bonchev–Trinajstić information content (AvgIpc) is 2.76. The molecule has 3 heteroatoms. The fourth-order valence-electron chi connectivity index (χ4n) is 5.25. The van der Waals surface area contributed by atoms with Crippen LogP contribution >= 0.6 is 0 Å². The second kappa shape index (κ2) is 9.95. The lowest BCUT2D eigenvalue weighted by atomic mass is 9.88. The van der Waals surface area contributed by atoms with Gasteiger partial charge in [-0.2, -0.15) is 0 Å². The standard InChI is InChI=1S/C26H37NO2/c1-3-24-6-4-5-15-27(24)18-21-7-10-23-17-26(14-11-22(23)16-21)29-25-12-8-20(9-13-25)19-28-2/h7,10-11,14,16-17,20,24-25H,3-6,8-9,12-13,15,18-19H2,1-2H3. The number of methoxy groups -OCH3 is 1. The molecule has 2 aromatic carbocycles. The Hall–Kier alpha value is -1.58. The lowest BCUT2D eigenvalue weighted by Gasteiger charge is -2.35. The van der Waals surface area contributed by atoms with Crippen molar-refractivity contribution in [2.24, 2.45) is 5.92 Å². The fraction of sp³-hybridized carbons (Fsp3) is 0.615. The summed E-state index contributed by atoms with van der Waals surface area (Å²) in [6, 6.07) is 14.3. The number of likely N-dealkylation sites (tertiary alicyclic amines) is 1. The van der Waals surface area contributed by atoms with Crippen LogP contribution in [0.25, 0.3) is 10.8 Å². The SMILES string of the molecule is CCC1CCCCN1Cc1ccc2cc(OC3CCC(COC)CC3)ccc2c1. The number of rotatable bonds is 7. The highest BCUT2D eigenvalue weighted by atomic mass is 16.5. The molecule has 0 aromatic heterocycles. The Morgan fingerprint density at radius 3 is 2.52 bits per heavy atom. The lowest BCUT2D eigenvalue weighted by Crippen LogP contribution is -2.38. The van der Waals surface area contributed by atoms with Gasteiger partial charge in [-0.1, -0.05) is 31.5 Å². The zero-order chi connectivity index (χ0) is 20.1. The van der Waals surface area contributed by atoms with E-state index in [-0.39, 0.29) is 0 Å². The van der Waals surface area contributed by atoms with Crippen LogP contribution in [0.1, 0.15) is 63.9 Å². The molecule has 158 valence electrons. The van der Waals surface area contributed by atoms with Gasteiger partial charge in [0.1, 0.15) is 5.75 Å². The van der Waals surface area contributed by atoms with Crippen LogP contribution in [0.3, 0.4) is 0 Å². The van der Waals surface area contributed by atoms with Gasteiger partial charge in [-0.15, -0.1) is 0 Å². The maximum Gasteiger partial charge on any atom is 0.120 e. The first kappa shape index (κ1) is 20.7. The Labute approximate surface area is 176 Å². The van der Waals surface area contributed by atoms with Crippen LogP contribution in [0, 0.1) is 5.92 Å². The number of hydrogen-bond donors (Lipinski definition) is 0. The van der Waals surface area contributed by atoms with E-state index in [9.17, 15) is 0 Å². The van der Waals surface area contributed by atoms with Crippen molar-refractivity contribution in [1.82, 2.24) is 4.90 Å². The number of benzene rings is 2. The van der Waals surface area contributed by atoms with E-state index in [2.05, 4.69) is 48.2 Å². The summed E-state index contributed by atoms with van der Waals surface area (Å²) in [5.41, 5.74) is 1.43. The van der Waals surface area contributed by atoms with Gasteiger partial charge in [0.15, 0.2) is 0 Å². The van der Waals surface area contributed by atoms with E-state index >= 15 is 0 Å². The topological polar surface area (TPSA) is 21.7 Å². The molecule has 1 aliphatic heterocycles. The van der Waals surface area contributed by atoms with Crippen molar-refractivity contribution in [3.8, 4) is 5.75 Å². The molecule has 3 nitrogen and oxygen atoms in total. The third kappa shape index (κ3) is 5.32. The molecule has 1 saturated carbocycles. The van der Waals surface area contributed by atoms with Crippen LogP contribution in [0.15, 0.2) is 36.4 Å². The second-order valence-electron chi connectivity index (χ2n) is 9.09. The summed E-state index contributed by atoms with van der Waals surface area (Å²) in [7, 11) is 1.80. The van der Waals surface area contributed by atoms with Gasteiger partial charge >= 0.3 is 0 Å². The normalized spacial score (nSPS) is 25.9. The molecule has 1 unspecified atom stereocenters. The van der Waals surface area contributed by atoms with Crippen LogP contribution in [0.5, 0.6) is 5.75 Å². The van der Waals surface area contributed by atoms with Crippen LogP contribution in [0.2, 0.25) is 0 Å². The predicted octanol–water partition coefficient (Wildman–Crippen LogP) is 6.19. The van der Waals surface area contributed by atoms with E-state index in [1.54, 1.807) is 7.11 Å². The smallest absolute Gasteiger partial charge is 0.120 e. The number of piperidine rings is 1. The Balaban J connectivity index is 1.38. The molecule has 2 aliphatic rings. The van der Waals surface area contributed by atoms with Crippen molar-refractivity contribution >= 4 is 10.8 Å². The molecule has 0 amide bonds. The van der Waals surface area contributed by atoms with Gasteiger partial charge in [-0.25, -0.2) is 0 Å². The summed E-state index contributed by atoms with van der Waals surface area (Å²) in [5.74, 6) is 1.73. The first-order chi connectivity index (χ1) is 14.2. The Kier molecular flexibility index (Phi) is 7.10.